The van der Waals surface area contributed by atoms with E-state index in [2.05, 4.69) is 90.8 Å². The lowest BCUT2D eigenvalue weighted by Gasteiger charge is -2.33. The van der Waals surface area contributed by atoms with Crippen molar-refractivity contribution < 1.29 is 54.9 Å². The van der Waals surface area contributed by atoms with Gasteiger partial charge in [0.25, 0.3) is 0 Å². The summed E-state index contributed by atoms with van der Waals surface area (Å²) in [6.45, 7) is 19.5. The van der Waals surface area contributed by atoms with Gasteiger partial charge >= 0.3 is 0 Å². The van der Waals surface area contributed by atoms with Gasteiger partial charge in [-0.1, -0.05) is 26.0 Å². The smallest absolute Gasteiger partial charge is 0.230 e. The van der Waals surface area contributed by atoms with E-state index < -0.39 is 34.9 Å². The molecule has 0 radical (unpaired) electrons. The molecule has 10 heterocycles. The number of nitrogens with two attached hydrogens (primary N) is 1. The average Bonchev–Trinajstić information content (AvgIpc) is 1.79. The summed E-state index contributed by atoms with van der Waals surface area (Å²) in [6, 6.07) is 16.1. The predicted octanol–water partition coefficient (Wildman–Crippen LogP) is 11.7. The first-order valence-electron chi connectivity index (χ1n) is 34.6. The van der Waals surface area contributed by atoms with Gasteiger partial charge in [-0.3, -0.25) is 29.2 Å². The van der Waals surface area contributed by atoms with E-state index in [1.165, 1.54) is 35.7 Å². The van der Waals surface area contributed by atoms with Crippen molar-refractivity contribution in [3.63, 3.8) is 0 Å². The number of hydrogen-bond donors (Lipinski definition) is 2. The lowest BCUT2D eigenvalue weighted by Crippen LogP contribution is -2.45. The summed E-state index contributed by atoms with van der Waals surface area (Å²) >= 11 is 16.4. The second-order valence-corrected chi connectivity index (χ2v) is 27.1. The Labute approximate surface area is 612 Å². The molecule has 8 aromatic rings. The van der Waals surface area contributed by atoms with Crippen LogP contribution in [0.5, 0.6) is 17.2 Å². The SMILES string of the molecule is CCN1CCN(Cc2ccc(Cc3ncc(F)c(-c4cc(F)c5c(c4)N(C(=O)C4CC4)CCO5)n3)nc2)CC1.CCN1CCN(Cc2ccc(N)nc2)CC1.Fc1cnc(Cl)nc1-c1cc(F)c2c(c1)NCCO2.O=C(C1CC1)N1CCOc2c(F)cc(-c3nc(Cl)ncc3F)cc21.O=C(Cl)C1CC1. The zero-order valence-corrected chi connectivity index (χ0v) is 59.5. The number of likely N-dealkylation sites (N-methyl/N-ethyl adjacent to an activating group) is 2. The van der Waals surface area contributed by atoms with Gasteiger partial charge in [0.1, 0.15) is 48.5 Å². The van der Waals surface area contributed by atoms with Gasteiger partial charge in [-0.15, -0.1) is 0 Å². The van der Waals surface area contributed by atoms with E-state index >= 15 is 4.39 Å². The van der Waals surface area contributed by atoms with E-state index in [1.807, 2.05) is 24.5 Å². The van der Waals surface area contributed by atoms with E-state index in [9.17, 15) is 36.3 Å². The Morgan fingerprint density at radius 3 is 1.36 bits per heavy atom. The number of ether oxygens (including phenoxy) is 3. The molecule has 5 aromatic heterocycles. The fourth-order valence-corrected chi connectivity index (χ4v) is 12.7. The number of rotatable bonds is 14. The Kier molecular flexibility index (Phi) is 24.7. The summed E-state index contributed by atoms with van der Waals surface area (Å²) in [5.41, 5.74) is 10.3. The molecule has 3 N–H and O–H groups in total. The summed E-state index contributed by atoms with van der Waals surface area (Å²) in [5, 5.41) is 2.58. The van der Waals surface area contributed by atoms with Crippen LogP contribution in [0.1, 0.15) is 75.0 Å². The van der Waals surface area contributed by atoms with Crippen LogP contribution in [-0.2, 0) is 33.9 Å². The maximum Gasteiger partial charge on any atom is 0.230 e. The molecule has 0 unspecified atom stereocenters. The first kappa shape index (κ1) is 74.8. The van der Waals surface area contributed by atoms with Crippen molar-refractivity contribution in [2.24, 2.45) is 17.8 Å². The summed E-state index contributed by atoms with van der Waals surface area (Å²) in [5.74, 6) is -2.76. The number of carbonyl (C=O) groups is 3. The van der Waals surface area contributed by atoms with Crippen LogP contribution >= 0.6 is 34.8 Å². The molecule has 0 bridgehead atoms. The average molecular weight is 1490 g/mol. The van der Waals surface area contributed by atoms with Crippen molar-refractivity contribution >= 4 is 74.7 Å². The van der Waals surface area contributed by atoms with Crippen molar-refractivity contribution in [3.05, 3.63) is 160 Å². The lowest BCUT2D eigenvalue weighted by atomic mass is 10.1. The second kappa shape index (κ2) is 34.3. The number of pyridine rings is 2. The molecule has 2 saturated heterocycles. The normalized spacial score (nSPS) is 17.1. The number of hydrogen-bond acceptors (Lipinski definition) is 20. The second-order valence-electron chi connectivity index (χ2n) is 26.0. The number of anilines is 4. The molecule has 2 amide bonds. The highest BCUT2D eigenvalue weighted by Crippen LogP contribution is 2.44. The minimum Gasteiger partial charge on any atom is -0.486 e. The zero-order valence-electron chi connectivity index (χ0n) is 57.3. The van der Waals surface area contributed by atoms with Crippen LogP contribution in [0.2, 0.25) is 10.6 Å². The largest absolute Gasteiger partial charge is 0.486 e. The van der Waals surface area contributed by atoms with Crippen molar-refractivity contribution in [3.8, 4) is 51.0 Å². The lowest BCUT2D eigenvalue weighted by molar-refractivity contribution is -0.120. The minimum atomic E-state index is -0.726. The molecule has 16 rings (SSSR count). The zero-order chi connectivity index (χ0) is 73.1. The molecule has 5 aliphatic heterocycles. The molecule has 3 aromatic carbocycles. The third-order valence-corrected chi connectivity index (χ3v) is 19.2. The number of nitrogen functional groups attached to an aromatic ring is 1. The Morgan fingerprint density at radius 1 is 0.490 bits per heavy atom. The van der Waals surface area contributed by atoms with Gasteiger partial charge in [0.05, 0.1) is 55.2 Å². The molecule has 31 heteroatoms. The quantitative estimate of drug-likeness (QED) is 0.0584. The van der Waals surface area contributed by atoms with Gasteiger partial charge in [-0.2, -0.15) is 0 Å². The molecular weight excluding hydrogens is 1420 g/mol. The summed E-state index contributed by atoms with van der Waals surface area (Å²) in [7, 11) is 0. The summed E-state index contributed by atoms with van der Waals surface area (Å²) in [6.07, 6.45) is 12.4. The Morgan fingerprint density at radius 2 is 0.923 bits per heavy atom. The highest BCUT2D eigenvalue weighted by Gasteiger charge is 2.39. The monoisotopic (exact) mass is 1490 g/mol. The Bertz CT molecular complexity index is 4380. The number of amides is 2. The highest BCUT2D eigenvalue weighted by molar-refractivity contribution is 6.64. The number of halogens is 9. The van der Waals surface area contributed by atoms with Gasteiger partial charge in [-0.25, -0.2) is 61.2 Å². The number of aromatic nitrogens is 8. The van der Waals surface area contributed by atoms with Gasteiger partial charge < -0.3 is 44.9 Å². The predicted molar refractivity (Wildman–Crippen MR) is 381 cm³/mol. The molecule has 548 valence electrons. The van der Waals surface area contributed by atoms with E-state index in [0.29, 0.717) is 61.4 Å². The fourth-order valence-electron chi connectivity index (χ4n) is 12.2. The van der Waals surface area contributed by atoms with Crippen molar-refractivity contribution in [2.75, 3.05) is 126 Å². The van der Waals surface area contributed by atoms with Gasteiger partial charge in [0, 0.05) is 125 Å². The van der Waals surface area contributed by atoms with Crippen LogP contribution in [-0.4, -0.2) is 181 Å². The number of carbonyl (C=O) groups excluding carboxylic acids is 3. The fraction of sp³-hybridized carbons (Fsp3) is 0.411. The maximum absolute atomic E-state index is 15.0. The van der Waals surface area contributed by atoms with Crippen LogP contribution < -0.4 is 35.1 Å². The van der Waals surface area contributed by atoms with E-state index in [-0.39, 0.29) is 110 Å². The molecule has 3 saturated carbocycles. The van der Waals surface area contributed by atoms with Gasteiger partial charge in [0.15, 0.2) is 52.2 Å². The van der Waals surface area contributed by atoms with Gasteiger partial charge in [0.2, 0.25) is 27.6 Å². The highest BCUT2D eigenvalue weighted by atomic mass is 35.5. The van der Waals surface area contributed by atoms with E-state index in [0.717, 1.165) is 146 Å². The summed E-state index contributed by atoms with van der Waals surface area (Å²) in [4.78, 5) is 80.0. The van der Waals surface area contributed by atoms with Crippen LogP contribution in [0, 0.1) is 52.7 Å². The van der Waals surface area contributed by atoms with E-state index in [4.69, 9.17) is 54.7 Å². The van der Waals surface area contributed by atoms with Crippen LogP contribution in [0.4, 0.5) is 49.2 Å². The van der Waals surface area contributed by atoms with Crippen molar-refractivity contribution in [1.82, 2.24) is 59.5 Å². The minimum absolute atomic E-state index is 0.000406. The molecule has 22 nitrogen and oxygen atoms in total. The van der Waals surface area contributed by atoms with Crippen molar-refractivity contribution in [1.29, 1.82) is 0 Å². The molecule has 5 fully saturated rings. The number of nitrogens with zero attached hydrogens (tertiary/aromatic N) is 14. The molecule has 8 aliphatic rings. The summed E-state index contributed by atoms with van der Waals surface area (Å²) < 4.78 is 102. The third kappa shape index (κ3) is 19.3. The standard InChI is InChI=1S/C29H32F2N6O2.C16H12ClF2N3O2.C12H8ClF2N3O.C12H20N4.C4H5ClO/c1-2-35-7-9-36(10-8-35)18-19-3-6-22(32-16-19)15-26-33-17-24(31)27(34-26)21-13-23(30)28-25(14-21)37(11-12-39-28)29(38)20-4-5-20;17-16-20-7-11(19)13(21-16)9-5-10(18)14-12(6-9)22(3-4-24-14)15(23)8-1-2-8;13-12-17-5-8(15)10(18-12)6-3-7(14)11-9(4-6)16-1-2-19-11;1-2-15-5-7-16(8-6-15)10-11-3-4-12(13)14-9-11;5-4(6)3-1-2-3/h3,6,13-14,16-17,20H,2,4-5,7-12,15,18H2,1H3;5-8H,1-4H2;3-5,16H,1-2H2;3-4,9H,2,5-8,10H2,1H3,(H2,13,14);3H,1-2H2. The van der Waals surface area contributed by atoms with Crippen LogP contribution in [0.15, 0.2) is 91.6 Å². The number of nitrogens with one attached hydrogen (secondary N) is 1. The number of fused-ring (bicyclic) bond motifs is 3. The number of benzene rings is 3. The van der Waals surface area contributed by atoms with Gasteiger partial charge in [-0.05, 0) is 146 Å². The van der Waals surface area contributed by atoms with Crippen LogP contribution in [0.25, 0.3) is 33.8 Å². The first-order valence-corrected chi connectivity index (χ1v) is 35.8. The number of piperazine rings is 2. The third-order valence-electron chi connectivity index (χ3n) is 18.5. The molecule has 0 atom stereocenters. The molecule has 3 aliphatic carbocycles. The molecule has 104 heavy (non-hydrogen) atoms. The molecule has 0 spiro atoms. The Balaban J connectivity index is 0.000000134. The van der Waals surface area contributed by atoms with E-state index in [1.54, 1.807) is 17.0 Å². The Hall–Kier alpha value is -8.90. The first-order chi connectivity index (χ1) is 50.2. The van der Waals surface area contributed by atoms with Crippen molar-refractivity contribution in [2.45, 2.75) is 71.9 Å². The van der Waals surface area contributed by atoms with Crippen LogP contribution in [0.3, 0.4) is 0 Å². The topological polar surface area (TPSA) is 240 Å². The molecular formula is C73H77Cl3F6N16O6. The maximum atomic E-state index is 15.0.